The van der Waals surface area contributed by atoms with E-state index in [-0.39, 0.29) is 28.2 Å². The highest BCUT2D eigenvalue weighted by molar-refractivity contribution is 6.36. The summed E-state index contributed by atoms with van der Waals surface area (Å²) in [4.78, 5) is 50.0. The second-order valence-corrected chi connectivity index (χ2v) is 14.0. The van der Waals surface area contributed by atoms with E-state index in [1.54, 1.807) is 36.4 Å². The predicted molar refractivity (Wildman–Crippen MR) is 191 cm³/mol. The van der Waals surface area contributed by atoms with Gasteiger partial charge in [0, 0.05) is 82.2 Å². The molecule has 2 amide bonds. The van der Waals surface area contributed by atoms with Crippen LogP contribution in [0.15, 0.2) is 36.4 Å². The summed E-state index contributed by atoms with van der Waals surface area (Å²) in [5, 5.41) is 29.0. The molecule has 2 aromatic carbocycles. The summed E-state index contributed by atoms with van der Waals surface area (Å²) in [6.45, 7) is 3.79. The zero-order valence-corrected chi connectivity index (χ0v) is 29.4. The molecule has 0 atom stereocenters. The van der Waals surface area contributed by atoms with Crippen LogP contribution in [0, 0.1) is 23.2 Å². The van der Waals surface area contributed by atoms with E-state index in [4.69, 9.17) is 16.6 Å². The van der Waals surface area contributed by atoms with Crippen LogP contribution in [0.3, 0.4) is 0 Å². The number of fused-ring (bicyclic) bond motifs is 2. The van der Waals surface area contributed by atoms with Crippen molar-refractivity contribution in [3.63, 3.8) is 0 Å². The van der Waals surface area contributed by atoms with Gasteiger partial charge < -0.3 is 30.2 Å². The van der Waals surface area contributed by atoms with Gasteiger partial charge in [-0.3, -0.25) is 19.3 Å². The Bertz CT molecular complexity index is 2070. The molecule has 3 aliphatic rings. The summed E-state index contributed by atoms with van der Waals surface area (Å²) in [7, 11) is 3.67. The zero-order chi connectivity index (χ0) is 35.8. The lowest BCUT2D eigenvalue weighted by atomic mass is 9.81. The summed E-state index contributed by atoms with van der Waals surface area (Å²) in [6.07, 6.45) is 4.79. The monoisotopic (exact) mass is 709 g/mol. The van der Waals surface area contributed by atoms with Crippen LogP contribution in [0.5, 0.6) is 0 Å². The molecule has 2 aliphatic heterocycles. The van der Waals surface area contributed by atoms with Gasteiger partial charge in [-0.25, -0.2) is 9.97 Å². The van der Waals surface area contributed by atoms with Crippen molar-refractivity contribution in [3.05, 3.63) is 81.4 Å². The second-order valence-electron chi connectivity index (χ2n) is 13.7. The molecule has 1 fully saturated rings. The maximum atomic E-state index is 13.7. The normalized spacial score (nSPS) is 18.7. The molecule has 4 heterocycles. The number of carbonyl (C=O) groups excluding carboxylic acids is 2. The summed E-state index contributed by atoms with van der Waals surface area (Å²) in [6, 6.07) is 12.6. The van der Waals surface area contributed by atoms with Crippen molar-refractivity contribution in [3.8, 4) is 17.2 Å². The number of imidazole rings is 2. The minimum Gasteiger partial charge on any atom is -0.481 e. The highest BCUT2D eigenvalue weighted by atomic mass is 35.5. The Balaban J connectivity index is 1.07. The summed E-state index contributed by atoms with van der Waals surface area (Å²) in [5.41, 5.74) is 5.68. The number of benzene rings is 2. The van der Waals surface area contributed by atoms with E-state index in [2.05, 4.69) is 31.9 Å². The number of aromatic nitrogens is 4. The number of nitriles is 1. The molecule has 264 valence electrons. The molecule has 0 spiro atoms. The van der Waals surface area contributed by atoms with E-state index in [0.717, 1.165) is 80.9 Å². The highest BCUT2D eigenvalue weighted by Gasteiger charge is 2.31. The lowest BCUT2D eigenvalue weighted by Gasteiger charge is -2.33. The molecule has 51 heavy (non-hydrogen) atoms. The fraction of sp³-hybridized carbons (Fsp3) is 0.405. The molecular formula is C37H40ClN9O4. The van der Waals surface area contributed by atoms with Crippen LogP contribution in [0.4, 0.5) is 11.4 Å². The minimum absolute atomic E-state index is 0.225. The number of rotatable bonds is 8. The summed E-state index contributed by atoms with van der Waals surface area (Å²) >= 11 is 6.88. The number of nitrogens with zero attached hydrogens (tertiary/aromatic N) is 6. The Morgan fingerprint density at radius 1 is 0.922 bits per heavy atom. The van der Waals surface area contributed by atoms with Crippen LogP contribution in [-0.4, -0.2) is 66.5 Å². The van der Waals surface area contributed by atoms with E-state index in [1.807, 2.05) is 23.2 Å². The smallest absolute Gasteiger partial charge is 0.306 e. The third-order valence-electron chi connectivity index (χ3n) is 10.5. The number of nitrogens with one attached hydrogen (secondary N) is 3. The van der Waals surface area contributed by atoms with Crippen molar-refractivity contribution in [2.45, 2.75) is 51.6 Å². The van der Waals surface area contributed by atoms with Gasteiger partial charge in [-0.15, -0.1) is 0 Å². The standard InChI is InChI=1S/C37H40ClN9O4/c1-45-30-13-15-40-18-28(30)41-33(45)36(49)44-27-8-4-6-24(32(27)38)23-5-3-7-26(25(23)17-39)43-35(48)34-42-29-20-47(16-14-31(29)46(34)2)19-21-9-11-22(12-10-21)37(50)51/h3-8,21-22,40H,9-16,18-20H2,1-2H3,(H,43,48)(H,44,49)(H,50,51). The van der Waals surface area contributed by atoms with E-state index in [1.165, 1.54) is 0 Å². The minimum atomic E-state index is -0.694. The number of carbonyl (C=O) groups is 3. The number of amides is 2. The van der Waals surface area contributed by atoms with Gasteiger partial charge in [0.1, 0.15) is 6.07 Å². The van der Waals surface area contributed by atoms with E-state index < -0.39 is 17.8 Å². The van der Waals surface area contributed by atoms with Crippen molar-refractivity contribution >= 4 is 40.8 Å². The molecule has 14 heteroatoms. The van der Waals surface area contributed by atoms with Crippen LogP contribution in [-0.2, 0) is 44.8 Å². The van der Waals surface area contributed by atoms with Crippen molar-refractivity contribution < 1.29 is 19.5 Å². The Morgan fingerprint density at radius 2 is 1.55 bits per heavy atom. The third kappa shape index (κ3) is 6.74. The third-order valence-corrected chi connectivity index (χ3v) is 10.9. The molecule has 1 aliphatic carbocycles. The molecular weight excluding hydrogens is 670 g/mol. The quantitative estimate of drug-likeness (QED) is 0.202. The number of anilines is 2. The number of carboxylic acid groups (broad SMARTS) is 1. The SMILES string of the molecule is Cn1c(C(=O)Nc2cccc(-c3cccc(NC(=O)c4nc5c(n4C)CCN(CC4CCC(C(=O)O)CC4)C5)c3C#N)c2Cl)nc2c1CCNC2. The van der Waals surface area contributed by atoms with Crippen LogP contribution in [0.25, 0.3) is 11.1 Å². The Hall–Kier alpha value is -5.03. The largest absolute Gasteiger partial charge is 0.481 e. The lowest BCUT2D eigenvalue weighted by Crippen LogP contribution is -2.36. The van der Waals surface area contributed by atoms with Crippen LogP contribution >= 0.6 is 11.6 Å². The van der Waals surface area contributed by atoms with Gasteiger partial charge in [0.2, 0.25) is 0 Å². The van der Waals surface area contributed by atoms with Gasteiger partial charge >= 0.3 is 5.97 Å². The van der Waals surface area contributed by atoms with Crippen molar-refractivity contribution in [1.82, 2.24) is 29.3 Å². The van der Waals surface area contributed by atoms with Gasteiger partial charge in [0.05, 0.1) is 39.3 Å². The van der Waals surface area contributed by atoms with Gasteiger partial charge in [0.15, 0.2) is 11.6 Å². The molecule has 7 rings (SSSR count). The first kappa shape index (κ1) is 34.4. The molecule has 2 aromatic heterocycles. The first-order valence-corrected chi connectivity index (χ1v) is 17.7. The average molecular weight is 710 g/mol. The number of halogens is 1. The lowest BCUT2D eigenvalue weighted by molar-refractivity contribution is -0.143. The van der Waals surface area contributed by atoms with Crippen LogP contribution in [0.1, 0.15) is 75.3 Å². The Labute approximate surface area is 300 Å². The second kappa shape index (κ2) is 14.3. The average Bonchev–Trinajstić information content (AvgIpc) is 3.65. The maximum absolute atomic E-state index is 13.7. The van der Waals surface area contributed by atoms with E-state index >= 15 is 0 Å². The highest BCUT2D eigenvalue weighted by Crippen LogP contribution is 2.38. The number of carboxylic acids is 1. The van der Waals surface area contributed by atoms with Crippen molar-refractivity contribution in [2.75, 3.05) is 30.3 Å². The fourth-order valence-corrected chi connectivity index (χ4v) is 8.03. The fourth-order valence-electron chi connectivity index (χ4n) is 7.75. The van der Waals surface area contributed by atoms with E-state index in [9.17, 15) is 24.8 Å². The molecule has 0 bridgehead atoms. The van der Waals surface area contributed by atoms with Gasteiger partial charge in [0.25, 0.3) is 11.8 Å². The Morgan fingerprint density at radius 3 is 2.22 bits per heavy atom. The van der Waals surface area contributed by atoms with Crippen molar-refractivity contribution in [2.24, 2.45) is 25.9 Å². The molecule has 0 radical (unpaired) electrons. The molecule has 13 nitrogen and oxygen atoms in total. The molecule has 4 aromatic rings. The Kier molecular flexibility index (Phi) is 9.65. The molecule has 4 N–H and O–H groups in total. The maximum Gasteiger partial charge on any atom is 0.306 e. The summed E-state index contributed by atoms with van der Waals surface area (Å²) in [5.74, 6) is -0.747. The van der Waals surface area contributed by atoms with Crippen LogP contribution in [0.2, 0.25) is 5.02 Å². The van der Waals surface area contributed by atoms with Gasteiger partial charge in [-0.05, 0) is 43.7 Å². The number of hydrogen-bond donors (Lipinski definition) is 4. The van der Waals surface area contributed by atoms with Crippen LogP contribution < -0.4 is 16.0 Å². The first-order valence-electron chi connectivity index (χ1n) is 17.3. The summed E-state index contributed by atoms with van der Waals surface area (Å²) < 4.78 is 3.64. The predicted octanol–water partition coefficient (Wildman–Crippen LogP) is 4.75. The zero-order valence-electron chi connectivity index (χ0n) is 28.6. The van der Waals surface area contributed by atoms with Gasteiger partial charge in [-0.1, -0.05) is 35.9 Å². The first-order chi connectivity index (χ1) is 24.6. The molecule has 1 saturated carbocycles. The molecule has 0 unspecified atom stereocenters. The van der Waals surface area contributed by atoms with E-state index in [0.29, 0.717) is 41.5 Å². The topological polar surface area (TPSA) is 170 Å². The number of aliphatic carboxylic acids is 1. The molecule has 0 saturated heterocycles. The van der Waals surface area contributed by atoms with Crippen molar-refractivity contribution in [1.29, 1.82) is 5.26 Å². The number of hydrogen-bond acceptors (Lipinski definition) is 8. The van der Waals surface area contributed by atoms with Gasteiger partial charge in [-0.2, -0.15) is 5.26 Å².